The minimum Gasteiger partial charge on any atom is -0.379 e. The van der Waals surface area contributed by atoms with Gasteiger partial charge in [-0.25, -0.2) is 0 Å². The van der Waals surface area contributed by atoms with E-state index in [1.54, 1.807) is 16.4 Å². The van der Waals surface area contributed by atoms with E-state index in [0.717, 1.165) is 25.1 Å². The summed E-state index contributed by atoms with van der Waals surface area (Å²) in [6.45, 7) is 9.99. The highest BCUT2D eigenvalue weighted by Crippen LogP contribution is 2.56. The number of nitrogens with one attached hydrogen (secondary N) is 1. The minimum absolute atomic E-state index is 0.0305. The smallest absolute Gasteiger partial charge is 0.0594 e. The standard InChI is InChI=1S/C39H39N2P/c1-26-11-7-12-27(2)37(26)42(38-28(3)13-8-14-29(38)4)34-19-10-16-31-21-23-39(36(31)34)22-20-30-15-9-18-33(35(30)39)41-25-32-17-5-6-24-40-32/h5-19,24,41H,20-23,25H2,1-4H3/t39-/m1/s1. The van der Waals surface area contributed by atoms with Gasteiger partial charge in [-0.15, -0.1) is 0 Å². The lowest BCUT2D eigenvalue weighted by Crippen LogP contribution is -2.34. The van der Waals surface area contributed by atoms with Crippen LogP contribution in [-0.4, -0.2) is 4.98 Å². The van der Waals surface area contributed by atoms with Crippen molar-refractivity contribution in [3.63, 3.8) is 0 Å². The summed E-state index contributed by atoms with van der Waals surface area (Å²) in [5.41, 5.74) is 14.2. The zero-order chi connectivity index (χ0) is 28.8. The third kappa shape index (κ3) is 4.40. The van der Waals surface area contributed by atoms with Crippen LogP contribution in [0.3, 0.4) is 0 Å². The van der Waals surface area contributed by atoms with Gasteiger partial charge in [0.05, 0.1) is 12.2 Å². The number of pyridine rings is 1. The Labute approximate surface area is 252 Å². The van der Waals surface area contributed by atoms with Gasteiger partial charge in [0.15, 0.2) is 0 Å². The minimum atomic E-state index is -0.748. The lowest BCUT2D eigenvalue weighted by molar-refractivity contribution is 0.510. The number of fused-ring (bicyclic) bond motifs is 4. The van der Waals surface area contributed by atoms with E-state index in [4.69, 9.17) is 0 Å². The molecule has 1 heterocycles. The SMILES string of the molecule is Cc1cccc(C)c1P(c1cccc2c1[C@]1(CCc3cccc(NCc4ccccn4)c31)CC2)c1c(C)cccc1C. The van der Waals surface area contributed by atoms with Gasteiger partial charge in [-0.05, 0) is 140 Å². The van der Waals surface area contributed by atoms with Gasteiger partial charge in [0.25, 0.3) is 0 Å². The monoisotopic (exact) mass is 566 g/mol. The molecule has 0 saturated heterocycles. The third-order valence-electron chi connectivity index (χ3n) is 9.63. The maximum absolute atomic E-state index is 4.59. The van der Waals surface area contributed by atoms with Crippen molar-refractivity contribution in [3.8, 4) is 0 Å². The Kier molecular flexibility index (Phi) is 6.99. The maximum atomic E-state index is 4.59. The highest BCUT2D eigenvalue weighted by molar-refractivity contribution is 7.80. The third-order valence-corrected chi connectivity index (χ3v) is 12.8. The van der Waals surface area contributed by atoms with Gasteiger partial charge in [0.2, 0.25) is 0 Å². The fourth-order valence-corrected chi connectivity index (χ4v) is 11.1. The summed E-state index contributed by atoms with van der Waals surface area (Å²) < 4.78 is 0. The van der Waals surface area contributed by atoms with Crippen molar-refractivity contribution in [2.45, 2.75) is 65.3 Å². The van der Waals surface area contributed by atoms with E-state index in [0.29, 0.717) is 0 Å². The number of rotatable bonds is 6. The Morgan fingerprint density at radius 1 is 0.643 bits per heavy atom. The van der Waals surface area contributed by atoms with Crippen molar-refractivity contribution in [2.24, 2.45) is 0 Å². The zero-order valence-electron chi connectivity index (χ0n) is 25.2. The van der Waals surface area contributed by atoms with Gasteiger partial charge in [0, 0.05) is 17.3 Å². The van der Waals surface area contributed by atoms with Crippen LogP contribution < -0.4 is 21.2 Å². The summed E-state index contributed by atoms with van der Waals surface area (Å²) in [5, 5.41) is 8.45. The van der Waals surface area contributed by atoms with Crippen LogP contribution in [-0.2, 0) is 24.8 Å². The van der Waals surface area contributed by atoms with Gasteiger partial charge in [-0.1, -0.05) is 72.8 Å². The molecule has 1 spiro atoms. The van der Waals surface area contributed by atoms with Crippen LogP contribution in [0.5, 0.6) is 0 Å². The van der Waals surface area contributed by atoms with Crippen LogP contribution in [0, 0.1) is 27.7 Å². The Morgan fingerprint density at radius 2 is 1.21 bits per heavy atom. The number of benzene rings is 4. The molecule has 1 N–H and O–H groups in total. The molecule has 0 amide bonds. The van der Waals surface area contributed by atoms with E-state index in [-0.39, 0.29) is 5.41 Å². The van der Waals surface area contributed by atoms with Gasteiger partial charge in [0.1, 0.15) is 0 Å². The van der Waals surface area contributed by atoms with E-state index in [1.807, 2.05) is 12.3 Å². The second-order valence-corrected chi connectivity index (χ2v) is 14.3. The summed E-state index contributed by atoms with van der Waals surface area (Å²) in [4.78, 5) is 4.59. The molecule has 0 radical (unpaired) electrons. The van der Waals surface area contributed by atoms with Crippen molar-refractivity contribution in [3.05, 3.63) is 147 Å². The van der Waals surface area contributed by atoms with Gasteiger partial charge in [-0.3, -0.25) is 4.98 Å². The molecule has 0 bridgehead atoms. The molecule has 210 valence electrons. The fraction of sp³-hybridized carbons (Fsp3) is 0.256. The molecule has 3 heteroatoms. The van der Waals surface area contributed by atoms with E-state index in [9.17, 15) is 0 Å². The fourth-order valence-electron chi connectivity index (χ4n) is 7.86. The molecule has 1 atom stereocenters. The van der Waals surface area contributed by atoms with Crippen LogP contribution in [0.4, 0.5) is 5.69 Å². The number of aryl methyl sites for hydroxylation is 6. The molecule has 42 heavy (non-hydrogen) atoms. The largest absolute Gasteiger partial charge is 0.379 e. The highest BCUT2D eigenvalue weighted by atomic mass is 31.1. The topological polar surface area (TPSA) is 24.9 Å². The average Bonchev–Trinajstić information content (AvgIpc) is 3.57. The lowest BCUT2D eigenvalue weighted by Gasteiger charge is -2.35. The molecule has 2 aliphatic carbocycles. The number of anilines is 1. The molecule has 0 saturated carbocycles. The summed E-state index contributed by atoms with van der Waals surface area (Å²) in [7, 11) is -0.748. The van der Waals surface area contributed by atoms with Crippen LogP contribution in [0.15, 0.2) is 97.2 Å². The van der Waals surface area contributed by atoms with Crippen molar-refractivity contribution in [1.82, 2.24) is 4.98 Å². The maximum Gasteiger partial charge on any atom is 0.0594 e. The van der Waals surface area contributed by atoms with Crippen LogP contribution >= 0.6 is 7.92 Å². The number of aromatic nitrogens is 1. The van der Waals surface area contributed by atoms with E-state index >= 15 is 0 Å². The number of nitrogens with zero attached hydrogens (tertiary/aromatic N) is 1. The first-order valence-corrected chi connectivity index (χ1v) is 16.6. The summed E-state index contributed by atoms with van der Waals surface area (Å²) in [5.74, 6) is 0. The Bertz CT molecular complexity index is 1690. The van der Waals surface area contributed by atoms with Crippen LogP contribution in [0.2, 0.25) is 0 Å². The molecule has 0 fully saturated rings. The Hall–Kier alpha value is -3.74. The van der Waals surface area contributed by atoms with Gasteiger partial charge in [-0.2, -0.15) is 0 Å². The van der Waals surface area contributed by atoms with Crippen LogP contribution in [0.25, 0.3) is 0 Å². The molecule has 4 aromatic carbocycles. The lowest BCUT2D eigenvalue weighted by atomic mass is 9.76. The Balaban J connectivity index is 1.45. The molecular weight excluding hydrogens is 527 g/mol. The normalized spacial score (nSPS) is 17.1. The molecule has 0 aliphatic heterocycles. The Morgan fingerprint density at radius 3 is 1.81 bits per heavy atom. The molecular formula is C39H39N2P. The molecule has 1 aromatic heterocycles. The van der Waals surface area contributed by atoms with Crippen molar-refractivity contribution >= 4 is 29.5 Å². The van der Waals surface area contributed by atoms with Gasteiger partial charge >= 0.3 is 0 Å². The quantitative estimate of drug-likeness (QED) is 0.212. The number of hydrogen-bond acceptors (Lipinski definition) is 2. The highest BCUT2D eigenvalue weighted by Gasteiger charge is 2.48. The molecule has 7 rings (SSSR count). The predicted octanol–water partition coefficient (Wildman–Crippen LogP) is 7.86. The second-order valence-electron chi connectivity index (χ2n) is 12.2. The van der Waals surface area contributed by atoms with Gasteiger partial charge < -0.3 is 5.32 Å². The average molecular weight is 567 g/mol. The van der Waals surface area contributed by atoms with E-state index < -0.39 is 7.92 Å². The summed E-state index contributed by atoms with van der Waals surface area (Å²) in [6, 6.07) is 34.0. The van der Waals surface area contributed by atoms with Crippen molar-refractivity contribution in [2.75, 3.05) is 5.32 Å². The molecule has 5 aromatic rings. The number of hydrogen-bond donors (Lipinski definition) is 1. The van der Waals surface area contributed by atoms with Crippen molar-refractivity contribution < 1.29 is 0 Å². The second kappa shape index (κ2) is 10.8. The van der Waals surface area contributed by atoms with E-state index in [1.165, 1.54) is 62.5 Å². The summed E-state index contributed by atoms with van der Waals surface area (Å²) >= 11 is 0. The summed E-state index contributed by atoms with van der Waals surface area (Å²) in [6.07, 6.45) is 6.51. The first kappa shape index (κ1) is 27.1. The molecule has 2 nitrogen and oxygen atoms in total. The molecule has 0 unspecified atom stereocenters. The van der Waals surface area contributed by atoms with E-state index in [2.05, 4.69) is 123 Å². The predicted molar refractivity (Wildman–Crippen MR) is 180 cm³/mol. The van der Waals surface area contributed by atoms with Crippen molar-refractivity contribution in [1.29, 1.82) is 0 Å². The van der Waals surface area contributed by atoms with Crippen LogP contribution in [0.1, 0.15) is 63.0 Å². The first-order valence-electron chi connectivity index (χ1n) is 15.3. The molecule has 2 aliphatic rings. The zero-order valence-corrected chi connectivity index (χ0v) is 26.1. The first-order chi connectivity index (χ1) is 20.5.